The molecular formula is C15H30N2O2. The van der Waals surface area contributed by atoms with Crippen LogP contribution in [-0.2, 0) is 4.79 Å². The molecule has 0 spiro atoms. The summed E-state index contributed by atoms with van der Waals surface area (Å²) in [7, 11) is 3.85. The molecule has 0 radical (unpaired) electrons. The van der Waals surface area contributed by atoms with E-state index in [1.54, 1.807) is 14.0 Å². The van der Waals surface area contributed by atoms with Crippen LogP contribution >= 0.6 is 0 Å². The maximum absolute atomic E-state index is 11.3. The number of hydrogen-bond donors (Lipinski definition) is 2. The molecule has 1 aliphatic rings. The number of nitrogens with one attached hydrogen (secondary N) is 1. The quantitative estimate of drug-likeness (QED) is 0.745. The van der Waals surface area contributed by atoms with Gasteiger partial charge in [0.2, 0.25) is 0 Å². The second-order valence-electron chi connectivity index (χ2n) is 6.38. The molecule has 0 heterocycles. The van der Waals surface area contributed by atoms with E-state index in [4.69, 9.17) is 0 Å². The number of carboxylic acids is 1. The number of aliphatic carboxylic acids is 1. The topological polar surface area (TPSA) is 52.6 Å². The van der Waals surface area contributed by atoms with Crippen LogP contribution in [0.3, 0.4) is 0 Å². The van der Waals surface area contributed by atoms with Gasteiger partial charge in [-0.15, -0.1) is 0 Å². The number of carboxylic acid groups (broad SMARTS) is 1. The zero-order valence-electron chi connectivity index (χ0n) is 12.9. The maximum Gasteiger partial charge on any atom is 0.323 e. The Kier molecular flexibility index (Phi) is 6.27. The largest absolute Gasteiger partial charge is 0.480 e. The Morgan fingerprint density at radius 1 is 1.42 bits per heavy atom. The number of likely N-dealkylation sites (N-methyl/N-ethyl adjacent to an activating group) is 1. The van der Waals surface area contributed by atoms with Crippen molar-refractivity contribution in [3.05, 3.63) is 0 Å². The van der Waals surface area contributed by atoms with Crippen LogP contribution in [0.2, 0.25) is 0 Å². The van der Waals surface area contributed by atoms with Gasteiger partial charge in [-0.3, -0.25) is 4.79 Å². The number of nitrogens with zero attached hydrogens (tertiary/aromatic N) is 1. The molecule has 19 heavy (non-hydrogen) atoms. The normalized spacial score (nSPS) is 22.2. The van der Waals surface area contributed by atoms with Gasteiger partial charge in [0.25, 0.3) is 0 Å². The van der Waals surface area contributed by atoms with Gasteiger partial charge in [-0.1, -0.05) is 19.3 Å². The summed E-state index contributed by atoms with van der Waals surface area (Å²) < 4.78 is 0. The third-order valence-electron chi connectivity index (χ3n) is 4.75. The van der Waals surface area contributed by atoms with Crippen molar-refractivity contribution >= 4 is 5.97 Å². The fraction of sp³-hybridized carbons (Fsp3) is 0.933. The molecule has 4 nitrogen and oxygen atoms in total. The molecule has 0 aromatic rings. The van der Waals surface area contributed by atoms with E-state index in [2.05, 4.69) is 24.2 Å². The Morgan fingerprint density at radius 3 is 2.47 bits per heavy atom. The van der Waals surface area contributed by atoms with Crippen LogP contribution in [0.5, 0.6) is 0 Å². The SMILES string of the molecule is CNC(C)(CC(C)N(C)CC1CCCCC1)C(=O)O. The highest BCUT2D eigenvalue weighted by Gasteiger charge is 2.34. The minimum absolute atomic E-state index is 0.274. The first kappa shape index (κ1) is 16.4. The lowest BCUT2D eigenvalue weighted by Crippen LogP contribution is -2.52. The van der Waals surface area contributed by atoms with E-state index >= 15 is 0 Å². The van der Waals surface area contributed by atoms with Crippen LogP contribution in [0.4, 0.5) is 0 Å². The first-order valence-electron chi connectivity index (χ1n) is 7.51. The second kappa shape index (κ2) is 7.25. The van der Waals surface area contributed by atoms with Crippen molar-refractivity contribution in [2.24, 2.45) is 5.92 Å². The predicted molar refractivity (Wildman–Crippen MR) is 78.4 cm³/mol. The molecule has 0 aliphatic heterocycles. The van der Waals surface area contributed by atoms with Crippen molar-refractivity contribution in [1.82, 2.24) is 10.2 Å². The second-order valence-corrected chi connectivity index (χ2v) is 6.38. The van der Waals surface area contributed by atoms with Gasteiger partial charge in [0.1, 0.15) is 5.54 Å². The highest BCUT2D eigenvalue weighted by atomic mass is 16.4. The van der Waals surface area contributed by atoms with Gasteiger partial charge < -0.3 is 15.3 Å². The molecule has 1 rings (SSSR count). The van der Waals surface area contributed by atoms with E-state index in [0.717, 1.165) is 12.5 Å². The smallest absolute Gasteiger partial charge is 0.323 e. The van der Waals surface area contributed by atoms with Crippen LogP contribution in [-0.4, -0.2) is 48.2 Å². The molecule has 4 heteroatoms. The van der Waals surface area contributed by atoms with Crippen molar-refractivity contribution in [2.75, 3.05) is 20.6 Å². The molecule has 0 aromatic carbocycles. The predicted octanol–water partition coefficient (Wildman–Crippen LogP) is 2.34. The summed E-state index contributed by atoms with van der Waals surface area (Å²) in [5.74, 6) is 0.0276. The Morgan fingerprint density at radius 2 is 2.00 bits per heavy atom. The maximum atomic E-state index is 11.3. The average molecular weight is 270 g/mol. The molecule has 0 saturated heterocycles. The molecule has 2 N–H and O–H groups in total. The first-order valence-corrected chi connectivity index (χ1v) is 7.51. The lowest BCUT2D eigenvalue weighted by molar-refractivity contribution is -0.144. The Hall–Kier alpha value is -0.610. The van der Waals surface area contributed by atoms with E-state index in [0.29, 0.717) is 6.42 Å². The summed E-state index contributed by atoms with van der Waals surface area (Å²) in [6, 6.07) is 0.274. The first-order chi connectivity index (χ1) is 8.89. The third kappa shape index (κ3) is 4.77. The fourth-order valence-corrected chi connectivity index (χ4v) is 3.00. The highest BCUT2D eigenvalue weighted by molar-refractivity contribution is 5.78. The van der Waals surface area contributed by atoms with Crippen molar-refractivity contribution < 1.29 is 9.90 Å². The third-order valence-corrected chi connectivity index (χ3v) is 4.75. The average Bonchev–Trinajstić information content (AvgIpc) is 2.39. The lowest BCUT2D eigenvalue weighted by atomic mass is 9.88. The molecule has 2 atom stereocenters. The number of carbonyl (C=O) groups is 1. The van der Waals surface area contributed by atoms with Crippen molar-refractivity contribution in [3.8, 4) is 0 Å². The summed E-state index contributed by atoms with van der Waals surface area (Å²) in [6.45, 7) is 4.99. The van der Waals surface area contributed by atoms with Gasteiger partial charge >= 0.3 is 5.97 Å². The van der Waals surface area contributed by atoms with Crippen molar-refractivity contribution in [3.63, 3.8) is 0 Å². The zero-order chi connectivity index (χ0) is 14.5. The molecule has 0 aromatic heterocycles. The summed E-state index contributed by atoms with van der Waals surface area (Å²) >= 11 is 0. The van der Waals surface area contributed by atoms with Gasteiger partial charge in [0.05, 0.1) is 0 Å². The fourth-order valence-electron chi connectivity index (χ4n) is 3.00. The molecule has 1 saturated carbocycles. The number of rotatable bonds is 7. The summed E-state index contributed by atoms with van der Waals surface area (Å²) in [6.07, 6.45) is 7.39. The molecule has 1 fully saturated rings. The van der Waals surface area contributed by atoms with E-state index in [1.165, 1.54) is 32.1 Å². The van der Waals surface area contributed by atoms with Crippen LogP contribution in [0.25, 0.3) is 0 Å². The summed E-state index contributed by atoms with van der Waals surface area (Å²) in [5.41, 5.74) is -0.833. The Balaban J connectivity index is 2.46. The Labute approximate surface area is 117 Å². The highest BCUT2D eigenvalue weighted by Crippen LogP contribution is 2.25. The van der Waals surface area contributed by atoms with Gasteiger partial charge in [-0.25, -0.2) is 0 Å². The van der Waals surface area contributed by atoms with E-state index in [9.17, 15) is 9.90 Å². The zero-order valence-corrected chi connectivity index (χ0v) is 12.9. The molecule has 1 aliphatic carbocycles. The molecular weight excluding hydrogens is 240 g/mol. The minimum atomic E-state index is -0.833. The summed E-state index contributed by atoms with van der Waals surface area (Å²) in [5, 5.41) is 12.2. The minimum Gasteiger partial charge on any atom is -0.480 e. The Bertz CT molecular complexity index is 290. The van der Waals surface area contributed by atoms with Crippen LogP contribution in [0.15, 0.2) is 0 Å². The van der Waals surface area contributed by atoms with E-state index in [1.807, 2.05) is 0 Å². The van der Waals surface area contributed by atoms with Crippen LogP contribution in [0, 0.1) is 5.92 Å². The summed E-state index contributed by atoms with van der Waals surface area (Å²) in [4.78, 5) is 13.6. The van der Waals surface area contributed by atoms with E-state index < -0.39 is 11.5 Å². The standard InChI is InChI=1S/C15H30N2O2/c1-12(10-15(2,16-3)14(18)19)17(4)11-13-8-6-5-7-9-13/h12-13,16H,5-11H2,1-4H3,(H,18,19). The van der Waals surface area contributed by atoms with Crippen LogP contribution < -0.4 is 5.32 Å². The molecule has 112 valence electrons. The number of hydrogen-bond acceptors (Lipinski definition) is 3. The molecule has 2 unspecified atom stereocenters. The van der Waals surface area contributed by atoms with E-state index in [-0.39, 0.29) is 6.04 Å². The van der Waals surface area contributed by atoms with Gasteiger partial charge in [0.15, 0.2) is 0 Å². The van der Waals surface area contributed by atoms with Gasteiger partial charge in [-0.2, -0.15) is 0 Å². The van der Waals surface area contributed by atoms with Crippen molar-refractivity contribution in [2.45, 2.75) is 64.0 Å². The van der Waals surface area contributed by atoms with Gasteiger partial charge in [0, 0.05) is 12.6 Å². The molecule has 0 bridgehead atoms. The van der Waals surface area contributed by atoms with Crippen molar-refractivity contribution in [1.29, 1.82) is 0 Å². The molecule has 0 amide bonds. The monoisotopic (exact) mass is 270 g/mol. The van der Waals surface area contributed by atoms with Gasteiger partial charge in [-0.05, 0) is 53.1 Å². The van der Waals surface area contributed by atoms with Crippen LogP contribution in [0.1, 0.15) is 52.4 Å². The lowest BCUT2D eigenvalue weighted by Gasteiger charge is -2.35.